The summed E-state index contributed by atoms with van der Waals surface area (Å²) in [5.74, 6) is -0.296. The van der Waals surface area contributed by atoms with Crippen LogP contribution in [0.2, 0.25) is 0 Å². The Hall–Kier alpha value is -2.17. The van der Waals surface area contributed by atoms with Crippen LogP contribution in [0.25, 0.3) is 0 Å². The van der Waals surface area contributed by atoms with Gasteiger partial charge in [-0.1, -0.05) is 6.07 Å². The molecule has 0 aliphatic rings. The van der Waals surface area contributed by atoms with E-state index in [1.165, 1.54) is 13.0 Å². The summed E-state index contributed by atoms with van der Waals surface area (Å²) in [5, 5.41) is 0. The van der Waals surface area contributed by atoms with Crippen LogP contribution in [0.5, 0.6) is 0 Å². The minimum atomic E-state index is -4.41. The van der Waals surface area contributed by atoms with Gasteiger partial charge < -0.3 is 0 Å². The van der Waals surface area contributed by atoms with Crippen LogP contribution in [0.4, 0.5) is 13.2 Å². The smallest absolute Gasteiger partial charge is 0.289 e. The fourth-order valence-electron chi connectivity index (χ4n) is 2.22. The van der Waals surface area contributed by atoms with Crippen LogP contribution >= 0.6 is 0 Å². The number of pyridine rings is 1. The van der Waals surface area contributed by atoms with Gasteiger partial charge in [-0.05, 0) is 50.6 Å². The van der Waals surface area contributed by atoms with Crippen LogP contribution in [-0.4, -0.2) is 10.8 Å². The number of benzene rings is 1. The summed E-state index contributed by atoms with van der Waals surface area (Å²) in [6.45, 7) is 5.04. The van der Waals surface area contributed by atoms with E-state index in [1.807, 2.05) is 0 Å². The molecule has 0 N–H and O–H groups in total. The lowest BCUT2D eigenvalue weighted by atomic mass is 9.97. The van der Waals surface area contributed by atoms with Gasteiger partial charge in [0.2, 0.25) is 0 Å². The van der Waals surface area contributed by atoms with E-state index >= 15 is 0 Å². The molecule has 0 atom stereocenters. The molecule has 0 saturated heterocycles. The molecule has 110 valence electrons. The molecule has 0 radical (unpaired) electrons. The first-order valence-electron chi connectivity index (χ1n) is 6.36. The Kier molecular flexibility index (Phi) is 3.85. The van der Waals surface area contributed by atoms with Crippen molar-refractivity contribution < 1.29 is 18.0 Å². The molecule has 5 heteroatoms. The van der Waals surface area contributed by atoms with E-state index < -0.39 is 11.7 Å². The lowest BCUT2D eigenvalue weighted by Gasteiger charge is -2.11. The van der Waals surface area contributed by atoms with Gasteiger partial charge in [0, 0.05) is 22.5 Å². The second kappa shape index (κ2) is 5.31. The fraction of sp³-hybridized carbons (Fsp3) is 0.250. The highest BCUT2D eigenvalue weighted by atomic mass is 19.4. The molecule has 1 aromatic carbocycles. The molecule has 1 heterocycles. The molecule has 2 nitrogen and oxygen atoms in total. The molecule has 0 unspecified atom stereocenters. The largest absolute Gasteiger partial charge is 0.416 e. The SMILES string of the molecule is Cc1cc(C(=O)c2ccc(C(F)(F)F)cc2C)cc(C)n1. The number of hydrogen-bond donors (Lipinski definition) is 0. The molecule has 0 spiro atoms. The van der Waals surface area contributed by atoms with Gasteiger partial charge in [-0.15, -0.1) is 0 Å². The number of hydrogen-bond acceptors (Lipinski definition) is 2. The minimum Gasteiger partial charge on any atom is -0.289 e. The summed E-state index contributed by atoms with van der Waals surface area (Å²) >= 11 is 0. The summed E-state index contributed by atoms with van der Waals surface area (Å²) in [6, 6.07) is 6.42. The van der Waals surface area contributed by atoms with Crippen LogP contribution in [0.15, 0.2) is 30.3 Å². The third-order valence-electron chi connectivity index (χ3n) is 3.14. The van der Waals surface area contributed by atoms with Gasteiger partial charge in [-0.3, -0.25) is 9.78 Å². The van der Waals surface area contributed by atoms with Crippen LogP contribution in [-0.2, 0) is 6.18 Å². The third-order valence-corrected chi connectivity index (χ3v) is 3.14. The molecular weight excluding hydrogens is 279 g/mol. The Morgan fingerprint density at radius 1 is 1.00 bits per heavy atom. The monoisotopic (exact) mass is 293 g/mol. The summed E-state index contributed by atoms with van der Waals surface area (Å²) in [4.78, 5) is 16.6. The van der Waals surface area contributed by atoms with Gasteiger partial charge in [-0.2, -0.15) is 13.2 Å². The van der Waals surface area contributed by atoms with Crippen molar-refractivity contribution in [2.45, 2.75) is 26.9 Å². The Labute approximate surface area is 120 Å². The van der Waals surface area contributed by atoms with Gasteiger partial charge in [0.1, 0.15) is 0 Å². The molecule has 2 rings (SSSR count). The number of aromatic nitrogens is 1. The average molecular weight is 293 g/mol. The van der Waals surface area contributed by atoms with E-state index in [-0.39, 0.29) is 11.3 Å². The third kappa shape index (κ3) is 3.29. The first kappa shape index (κ1) is 15.2. The van der Waals surface area contributed by atoms with E-state index in [0.29, 0.717) is 22.5 Å². The molecule has 0 saturated carbocycles. The highest BCUT2D eigenvalue weighted by molar-refractivity contribution is 6.10. The van der Waals surface area contributed by atoms with Gasteiger partial charge in [0.05, 0.1) is 5.56 Å². The second-order valence-electron chi connectivity index (χ2n) is 5.00. The van der Waals surface area contributed by atoms with Crippen molar-refractivity contribution in [3.63, 3.8) is 0 Å². The number of ketones is 1. The van der Waals surface area contributed by atoms with E-state index in [1.54, 1.807) is 26.0 Å². The minimum absolute atomic E-state index is 0.271. The second-order valence-corrected chi connectivity index (χ2v) is 5.00. The molecule has 0 aliphatic carbocycles. The standard InChI is InChI=1S/C16H14F3NO/c1-9-6-13(16(17,18)19)4-5-14(9)15(21)12-7-10(2)20-11(3)8-12/h4-8H,1-3H3. The number of carbonyl (C=O) groups excluding carboxylic acids is 1. The molecule has 21 heavy (non-hydrogen) atoms. The number of carbonyl (C=O) groups is 1. The zero-order chi connectivity index (χ0) is 15.8. The van der Waals surface area contributed by atoms with Gasteiger partial charge in [0.25, 0.3) is 0 Å². The van der Waals surface area contributed by atoms with Gasteiger partial charge in [-0.25, -0.2) is 0 Å². The Balaban J connectivity index is 2.44. The molecule has 0 aliphatic heterocycles. The van der Waals surface area contributed by atoms with Crippen LogP contribution in [0.3, 0.4) is 0 Å². The van der Waals surface area contributed by atoms with Crippen molar-refractivity contribution in [2.75, 3.05) is 0 Å². The predicted octanol–water partition coefficient (Wildman–Crippen LogP) is 4.26. The highest BCUT2D eigenvalue weighted by Gasteiger charge is 2.31. The van der Waals surface area contributed by atoms with E-state index in [4.69, 9.17) is 0 Å². The van der Waals surface area contributed by atoms with Crippen LogP contribution in [0.1, 0.15) is 38.4 Å². The maximum Gasteiger partial charge on any atom is 0.416 e. The summed E-state index contributed by atoms with van der Waals surface area (Å²) in [5.41, 5.74) is 1.65. The lowest BCUT2D eigenvalue weighted by molar-refractivity contribution is -0.137. The summed E-state index contributed by atoms with van der Waals surface area (Å²) < 4.78 is 37.9. The molecule has 0 bridgehead atoms. The number of alkyl halides is 3. The Morgan fingerprint density at radius 2 is 1.57 bits per heavy atom. The summed E-state index contributed by atoms with van der Waals surface area (Å²) in [6.07, 6.45) is -4.41. The maximum absolute atomic E-state index is 12.6. The molecular formula is C16H14F3NO. The van der Waals surface area contributed by atoms with E-state index in [9.17, 15) is 18.0 Å². The molecule has 0 fully saturated rings. The van der Waals surface area contributed by atoms with Crippen molar-refractivity contribution in [1.82, 2.24) is 4.98 Å². The fourth-order valence-corrected chi connectivity index (χ4v) is 2.22. The topological polar surface area (TPSA) is 30.0 Å². The van der Waals surface area contributed by atoms with Crippen LogP contribution in [0, 0.1) is 20.8 Å². The van der Waals surface area contributed by atoms with E-state index in [0.717, 1.165) is 12.1 Å². The number of rotatable bonds is 2. The first-order chi connectivity index (χ1) is 9.68. The maximum atomic E-state index is 12.6. The molecule has 0 amide bonds. The number of nitrogens with zero attached hydrogens (tertiary/aromatic N) is 1. The van der Waals surface area contributed by atoms with Crippen molar-refractivity contribution >= 4 is 5.78 Å². The normalized spacial score (nSPS) is 11.5. The Bertz CT molecular complexity index is 685. The summed E-state index contributed by atoms with van der Waals surface area (Å²) in [7, 11) is 0. The van der Waals surface area contributed by atoms with Gasteiger partial charge in [0.15, 0.2) is 5.78 Å². The van der Waals surface area contributed by atoms with Crippen molar-refractivity contribution in [3.05, 3.63) is 64.0 Å². The molecule has 1 aromatic heterocycles. The predicted molar refractivity (Wildman–Crippen MR) is 73.3 cm³/mol. The zero-order valence-corrected chi connectivity index (χ0v) is 11.9. The van der Waals surface area contributed by atoms with E-state index in [2.05, 4.69) is 4.98 Å². The van der Waals surface area contributed by atoms with Gasteiger partial charge >= 0.3 is 6.18 Å². The number of aryl methyl sites for hydroxylation is 3. The first-order valence-corrected chi connectivity index (χ1v) is 6.36. The highest BCUT2D eigenvalue weighted by Crippen LogP contribution is 2.30. The van der Waals surface area contributed by atoms with Crippen molar-refractivity contribution in [1.29, 1.82) is 0 Å². The Morgan fingerprint density at radius 3 is 2.05 bits per heavy atom. The molecule has 2 aromatic rings. The van der Waals surface area contributed by atoms with Crippen molar-refractivity contribution in [3.8, 4) is 0 Å². The average Bonchev–Trinajstić information content (AvgIpc) is 2.35. The quantitative estimate of drug-likeness (QED) is 0.774. The number of halogens is 3. The lowest BCUT2D eigenvalue weighted by Crippen LogP contribution is -2.09. The van der Waals surface area contributed by atoms with Crippen molar-refractivity contribution in [2.24, 2.45) is 0 Å². The van der Waals surface area contributed by atoms with Crippen LogP contribution < -0.4 is 0 Å². The zero-order valence-electron chi connectivity index (χ0n) is 11.9.